The van der Waals surface area contributed by atoms with Crippen molar-refractivity contribution < 1.29 is 27.5 Å². The van der Waals surface area contributed by atoms with Gasteiger partial charge >= 0.3 is 0 Å². The van der Waals surface area contributed by atoms with Crippen LogP contribution in [0, 0.1) is 0 Å². The van der Waals surface area contributed by atoms with Crippen LogP contribution in [0.25, 0.3) is 0 Å². The van der Waals surface area contributed by atoms with Gasteiger partial charge in [0.25, 0.3) is 0 Å². The molecule has 0 radical (unpaired) electrons. The van der Waals surface area contributed by atoms with Gasteiger partial charge in [0.2, 0.25) is 22.3 Å². The predicted molar refractivity (Wildman–Crippen MR) is 89.0 cm³/mol. The molecule has 0 aliphatic carbocycles. The molecule has 0 spiro atoms. The number of piperazine rings is 1. The number of nitrogens with zero attached hydrogens (tertiary/aromatic N) is 2. The van der Waals surface area contributed by atoms with Gasteiger partial charge in [0.15, 0.2) is 11.5 Å². The zero-order chi connectivity index (χ0) is 18.4. The largest absolute Gasteiger partial charge is 0.493 e. The van der Waals surface area contributed by atoms with Gasteiger partial charge in [-0.05, 0) is 12.1 Å². The maximum absolute atomic E-state index is 12.4. The summed E-state index contributed by atoms with van der Waals surface area (Å²) in [7, 11) is -1.01. The van der Waals surface area contributed by atoms with Crippen LogP contribution < -0.4 is 14.2 Å². The quantitative estimate of drug-likeness (QED) is 0.635. The Hall–Kier alpha value is -2.33. The molecule has 2 amide bonds. The molecule has 0 atom stereocenters. The molecule has 25 heavy (non-hydrogen) atoms. The first-order chi connectivity index (χ1) is 11.9. The number of sulfonamides is 1. The number of methoxy groups -OCH3 is 2. The Morgan fingerprint density at radius 3 is 2.36 bits per heavy atom. The molecule has 1 aromatic carbocycles. The Kier molecular flexibility index (Phi) is 6.21. The lowest BCUT2D eigenvalue weighted by molar-refractivity contribution is -0.134. The minimum absolute atomic E-state index is 0.0243. The molecule has 1 aliphatic heterocycles. The Morgan fingerprint density at radius 1 is 1.16 bits per heavy atom. The second kappa shape index (κ2) is 8.17. The summed E-state index contributed by atoms with van der Waals surface area (Å²) < 4.78 is 37.2. The number of ether oxygens (including phenoxy) is 2. The fraction of sp³-hybridized carbons (Fsp3) is 0.467. The fourth-order valence-electron chi connectivity index (χ4n) is 2.41. The molecule has 1 aliphatic rings. The molecule has 0 bridgehead atoms. The van der Waals surface area contributed by atoms with Gasteiger partial charge in [-0.15, -0.1) is 0 Å². The molecule has 1 heterocycles. The van der Waals surface area contributed by atoms with Crippen LogP contribution in [0.15, 0.2) is 23.1 Å². The fourth-order valence-corrected chi connectivity index (χ4v) is 3.40. The highest BCUT2D eigenvalue weighted by molar-refractivity contribution is 7.89. The third-order valence-corrected chi connectivity index (χ3v) is 5.29. The summed E-state index contributed by atoms with van der Waals surface area (Å²) in [6.07, 6.45) is 0.738. The Balaban J connectivity index is 1.99. The highest BCUT2D eigenvalue weighted by atomic mass is 32.2. The van der Waals surface area contributed by atoms with Crippen molar-refractivity contribution in [2.75, 3.05) is 46.9 Å². The van der Waals surface area contributed by atoms with Crippen molar-refractivity contribution in [2.24, 2.45) is 0 Å². The van der Waals surface area contributed by atoms with Gasteiger partial charge in [-0.3, -0.25) is 9.59 Å². The average Bonchev–Trinajstić information content (AvgIpc) is 2.65. The van der Waals surface area contributed by atoms with Crippen LogP contribution in [0.4, 0.5) is 0 Å². The van der Waals surface area contributed by atoms with E-state index in [0.29, 0.717) is 31.9 Å². The van der Waals surface area contributed by atoms with Crippen LogP contribution >= 0.6 is 0 Å². The van der Waals surface area contributed by atoms with E-state index >= 15 is 0 Å². The van der Waals surface area contributed by atoms with Gasteiger partial charge in [-0.1, -0.05) is 0 Å². The lowest BCUT2D eigenvalue weighted by Crippen LogP contribution is -2.50. The summed E-state index contributed by atoms with van der Waals surface area (Å²) in [6, 6.07) is 4.18. The van der Waals surface area contributed by atoms with Crippen molar-refractivity contribution in [3.63, 3.8) is 0 Å². The topological polar surface area (TPSA) is 105 Å². The number of carbonyl (C=O) groups is 2. The van der Waals surface area contributed by atoms with E-state index in [0.717, 1.165) is 6.41 Å². The van der Waals surface area contributed by atoms with Crippen molar-refractivity contribution in [2.45, 2.75) is 4.90 Å². The summed E-state index contributed by atoms with van der Waals surface area (Å²) in [6.45, 7) is 1.30. The molecule has 1 fully saturated rings. The van der Waals surface area contributed by atoms with E-state index in [-0.39, 0.29) is 23.1 Å². The number of hydrogen-bond acceptors (Lipinski definition) is 6. The summed E-state index contributed by atoms with van der Waals surface area (Å²) in [4.78, 5) is 25.9. The molecule has 0 saturated carbocycles. The maximum Gasteiger partial charge on any atom is 0.241 e. The van der Waals surface area contributed by atoms with Gasteiger partial charge in [0, 0.05) is 32.2 Å². The Labute approximate surface area is 146 Å². The number of carbonyl (C=O) groups excluding carboxylic acids is 2. The molecular formula is C15H21N3O6S. The molecule has 0 aromatic heterocycles. The molecule has 1 N–H and O–H groups in total. The second-order valence-electron chi connectivity index (χ2n) is 5.36. The highest BCUT2D eigenvalue weighted by Gasteiger charge is 2.23. The second-order valence-corrected chi connectivity index (χ2v) is 7.13. The number of amides is 2. The predicted octanol–water partition coefficient (Wildman–Crippen LogP) is -0.717. The lowest BCUT2D eigenvalue weighted by atomic mass is 10.3. The van der Waals surface area contributed by atoms with E-state index in [1.54, 1.807) is 4.90 Å². The van der Waals surface area contributed by atoms with E-state index in [2.05, 4.69) is 4.72 Å². The van der Waals surface area contributed by atoms with Gasteiger partial charge in [-0.25, -0.2) is 13.1 Å². The lowest BCUT2D eigenvalue weighted by Gasteiger charge is -2.32. The molecule has 1 saturated heterocycles. The summed E-state index contributed by atoms with van der Waals surface area (Å²) in [5, 5.41) is 0. The van der Waals surface area contributed by atoms with Crippen molar-refractivity contribution in [1.82, 2.24) is 14.5 Å². The molecule has 9 nitrogen and oxygen atoms in total. The summed E-state index contributed by atoms with van der Waals surface area (Å²) in [5.74, 6) is 0.349. The standard InChI is InChI=1S/C15H21N3O6S/c1-23-13-4-3-12(9-14(13)24-2)25(21,22)16-10-15(20)18-7-5-17(11-19)6-8-18/h3-4,9,11,16H,5-8,10H2,1-2H3. The van der Waals surface area contributed by atoms with Crippen LogP contribution in [-0.4, -0.2) is 77.5 Å². The van der Waals surface area contributed by atoms with Crippen molar-refractivity contribution >= 4 is 22.3 Å². The van der Waals surface area contributed by atoms with E-state index in [9.17, 15) is 18.0 Å². The maximum atomic E-state index is 12.4. The normalized spacial score (nSPS) is 15.0. The van der Waals surface area contributed by atoms with Crippen molar-refractivity contribution in [1.29, 1.82) is 0 Å². The monoisotopic (exact) mass is 371 g/mol. The Bertz CT molecular complexity index is 729. The van der Waals surface area contributed by atoms with Gasteiger partial charge in [-0.2, -0.15) is 0 Å². The number of rotatable bonds is 7. The van der Waals surface area contributed by atoms with Crippen molar-refractivity contribution in [3.05, 3.63) is 18.2 Å². The Morgan fingerprint density at radius 2 is 1.80 bits per heavy atom. The van der Waals surface area contributed by atoms with E-state index < -0.39 is 10.0 Å². The van der Waals surface area contributed by atoms with Gasteiger partial charge in [0.05, 0.1) is 25.7 Å². The first kappa shape index (κ1) is 19.0. The van der Waals surface area contributed by atoms with Crippen molar-refractivity contribution in [3.8, 4) is 11.5 Å². The van der Waals surface area contributed by atoms with Crippen LogP contribution in [0.1, 0.15) is 0 Å². The first-order valence-electron chi connectivity index (χ1n) is 7.60. The first-order valence-corrected chi connectivity index (χ1v) is 9.08. The SMILES string of the molecule is COc1ccc(S(=O)(=O)NCC(=O)N2CCN(C=O)CC2)cc1OC. The minimum atomic E-state index is -3.87. The third kappa shape index (κ3) is 4.60. The molecule has 1 aromatic rings. The van der Waals surface area contributed by atoms with Crippen LogP contribution in [0.5, 0.6) is 11.5 Å². The van der Waals surface area contributed by atoms with E-state index in [1.165, 1.54) is 37.3 Å². The summed E-state index contributed by atoms with van der Waals surface area (Å²) in [5.41, 5.74) is 0. The summed E-state index contributed by atoms with van der Waals surface area (Å²) >= 11 is 0. The number of nitrogens with one attached hydrogen (secondary N) is 1. The molecule has 138 valence electrons. The van der Waals surface area contributed by atoms with Crippen LogP contribution in [0.3, 0.4) is 0 Å². The molecule has 10 heteroatoms. The van der Waals surface area contributed by atoms with Crippen LogP contribution in [-0.2, 0) is 19.6 Å². The number of hydrogen-bond donors (Lipinski definition) is 1. The third-order valence-electron chi connectivity index (χ3n) is 3.89. The molecule has 0 unspecified atom stereocenters. The van der Waals surface area contributed by atoms with E-state index in [1.807, 2.05) is 0 Å². The van der Waals surface area contributed by atoms with Gasteiger partial charge in [0.1, 0.15) is 0 Å². The minimum Gasteiger partial charge on any atom is -0.493 e. The highest BCUT2D eigenvalue weighted by Crippen LogP contribution is 2.29. The van der Waals surface area contributed by atoms with E-state index in [4.69, 9.17) is 9.47 Å². The van der Waals surface area contributed by atoms with Gasteiger partial charge < -0.3 is 19.3 Å². The molecular weight excluding hydrogens is 350 g/mol. The average molecular weight is 371 g/mol. The zero-order valence-corrected chi connectivity index (χ0v) is 14.9. The zero-order valence-electron chi connectivity index (χ0n) is 14.1. The molecule has 2 rings (SSSR count). The number of benzene rings is 1. The van der Waals surface area contributed by atoms with Crippen LogP contribution in [0.2, 0.25) is 0 Å². The smallest absolute Gasteiger partial charge is 0.241 e.